The number of unbranched alkanes of at least 4 members (excludes halogenated alkanes) is 1. The Morgan fingerprint density at radius 2 is 1.92 bits per heavy atom. The number of nitrogens with one attached hydrogen (secondary N) is 2. The first kappa shape index (κ1) is 19.4. The summed E-state index contributed by atoms with van der Waals surface area (Å²) in [6.07, 6.45) is 2.16. The third kappa shape index (κ3) is 4.81. The van der Waals surface area contributed by atoms with Gasteiger partial charge < -0.3 is 15.4 Å². The zero-order valence-corrected chi connectivity index (χ0v) is 14.9. The lowest BCUT2D eigenvalue weighted by atomic mass is 9.95. The number of ether oxygens (including phenoxy) is 1. The van der Waals surface area contributed by atoms with Crippen molar-refractivity contribution in [1.82, 2.24) is 10.2 Å². The monoisotopic (exact) mass is 361 g/mol. The molecule has 0 radical (unpaired) electrons. The molecule has 0 unspecified atom stereocenters. The van der Waals surface area contributed by atoms with Crippen molar-refractivity contribution >= 4 is 29.5 Å². The normalized spacial score (nSPS) is 19.2. The van der Waals surface area contributed by atoms with Crippen molar-refractivity contribution in [2.75, 3.05) is 18.5 Å². The molecule has 0 aliphatic carbocycles. The maximum absolute atomic E-state index is 12.4. The van der Waals surface area contributed by atoms with Gasteiger partial charge >= 0.3 is 12.0 Å². The molecule has 26 heavy (non-hydrogen) atoms. The van der Waals surface area contributed by atoms with Crippen LogP contribution in [-0.2, 0) is 19.1 Å². The molecule has 8 nitrogen and oxygen atoms in total. The Hall–Kier alpha value is -2.90. The van der Waals surface area contributed by atoms with E-state index in [0.29, 0.717) is 12.1 Å². The highest BCUT2D eigenvalue weighted by Gasteiger charge is 2.47. The number of nitrogens with zero attached hydrogens (tertiary/aromatic N) is 1. The second-order valence-electron chi connectivity index (χ2n) is 6.33. The Morgan fingerprint density at radius 3 is 2.58 bits per heavy atom. The first-order valence-corrected chi connectivity index (χ1v) is 8.50. The molecule has 1 atom stereocenters. The molecule has 1 aliphatic rings. The topological polar surface area (TPSA) is 105 Å². The zero-order valence-electron chi connectivity index (χ0n) is 14.9. The molecule has 1 aliphatic heterocycles. The first-order chi connectivity index (χ1) is 12.4. The van der Waals surface area contributed by atoms with Crippen molar-refractivity contribution in [3.8, 4) is 0 Å². The third-order valence-corrected chi connectivity index (χ3v) is 4.08. The van der Waals surface area contributed by atoms with Crippen LogP contribution in [0.15, 0.2) is 30.3 Å². The fourth-order valence-corrected chi connectivity index (χ4v) is 2.63. The minimum absolute atomic E-state index is 0.457. The Labute approximate surface area is 151 Å². The van der Waals surface area contributed by atoms with Gasteiger partial charge in [-0.3, -0.25) is 19.3 Å². The van der Waals surface area contributed by atoms with Gasteiger partial charge in [-0.15, -0.1) is 0 Å². The fourth-order valence-electron chi connectivity index (χ4n) is 2.63. The lowest BCUT2D eigenvalue weighted by Crippen LogP contribution is -2.44. The Balaban J connectivity index is 1.82. The summed E-state index contributed by atoms with van der Waals surface area (Å²) in [4.78, 5) is 48.9. The van der Waals surface area contributed by atoms with Crippen molar-refractivity contribution < 1.29 is 23.9 Å². The molecule has 1 fully saturated rings. The maximum atomic E-state index is 12.4. The summed E-state index contributed by atoms with van der Waals surface area (Å²) in [6.45, 7) is 2.61. The minimum atomic E-state index is -1.00. The third-order valence-electron chi connectivity index (χ3n) is 4.08. The highest BCUT2D eigenvalue weighted by atomic mass is 16.5. The predicted molar refractivity (Wildman–Crippen MR) is 94.2 cm³/mol. The van der Waals surface area contributed by atoms with Crippen LogP contribution in [0.5, 0.6) is 0 Å². The van der Waals surface area contributed by atoms with E-state index in [0.717, 1.165) is 17.7 Å². The summed E-state index contributed by atoms with van der Waals surface area (Å²) >= 11 is 0. The summed E-state index contributed by atoms with van der Waals surface area (Å²) in [5, 5.41) is 5.19. The molecule has 1 aromatic rings. The number of benzene rings is 1. The molecule has 4 amide bonds. The van der Waals surface area contributed by atoms with Crippen LogP contribution in [0.25, 0.3) is 0 Å². The van der Waals surface area contributed by atoms with Gasteiger partial charge in [-0.2, -0.15) is 0 Å². The van der Waals surface area contributed by atoms with Crippen LogP contribution in [-0.4, -0.2) is 47.4 Å². The number of amides is 4. The smallest absolute Gasteiger partial charge is 0.326 e. The van der Waals surface area contributed by atoms with Crippen LogP contribution in [0.3, 0.4) is 0 Å². The fraction of sp³-hybridized carbons (Fsp3) is 0.444. The van der Waals surface area contributed by atoms with Crippen LogP contribution in [0.4, 0.5) is 10.5 Å². The molecule has 8 heteroatoms. The van der Waals surface area contributed by atoms with E-state index in [1.807, 2.05) is 13.0 Å². The van der Waals surface area contributed by atoms with Crippen molar-refractivity contribution in [2.45, 2.75) is 38.6 Å². The number of urea groups is 1. The van der Waals surface area contributed by atoms with Crippen LogP contribution in [0.1, 0.15) is 33.1 Å². The van der Waals surface area contributed by atoms with E-state index >= 15 is 0 Å². The van der Waals surface area contributed by atoms with Gasteiger partial charge in [0.25, 0.3) is 11.8 Å². The van der Waals surface area contributed by atoms with Gasteiger partial charge in [0.05, 0.1) is 0 Å². The number of para-hydroxylation sites is 1. The summed E-state index contributed by atoms with van der Waals surface area (Å²) in [5.74, 6) is -1.78. The molecular formula is C18H23N3O5. The first-order valence-electron chi connectivity index (χ1n) is 8.50. The second-order valence-corrected chi connectivity index (χ2v) is 6.33. The number of hydrogen-bond donors (Lipinski definition) is 2. The highest BCUT2D eigenvalue weighted by molar-refractivity contribution is 6.08. The second kappa shape index (κ2) is 8.46. The van der Waals surface area contributed by atoms with Gasteiger partial charge in [0.2, 0.25) is 0 Å². The van der Waals surface area contributed by atoms with Crippen LogP contribution >= 0.6 is 0 Å². The van der Waals surface area contributed by atoms with Crippen molar-refractivity contribution in [1.29, 1.82) is 0 Å². The van der Waals surface area contributed by atoms with Gasteiger partial charge in [0.15, 0.2) is 6.61 Å². The standard InChI is InChI=1S/C18H23N3O5/c1-3-4-10-18(2)16(24)21(17(25)20-18)11-15(23)26-12-14(22)19-13-8-6-5-7-9-13/h5-9H,3-4,10-12H2,1-2H3,(H,19,22)(H,20,25)/t18-/m1/s1. The average molecular weight is 361 g/mol. The molecule has 0 spiro atoms. The van der Waals surface area contributed by atoms with Gasteiger partial charge in [-0.05, 0) is 25.5 Å². The summed E-state index contributed by atoms with van der Waals surface area (Å²) in [7, 11) is 0. The minimum Gasteiger partial charge on any atom is -0.454 e. The van der Waals surface area contributed by atoms with Gasteiger partial charge in [0, 0.05) is 5.69 Å². The molecule has 0 bridgehead atoms. The van der Waals surface area contributed by atoms with Gasteiger partial charge in [-0.25, -0.2) is 4.79 Å². The van der Waals surface area contributed by atoms with Crippen molar-refractivity contribution in [3.05, 3.63) is 30.3 Å². The molecule has 0 saturated carbocycles. The summed E-state index contributed by atoms with van der Waals surface area (Å²) in [6, 6.07) is 8.10. The molecule has 1 heterocycles. The van der Waals surface area contributed by atoms with Crippen molar-refractivity contribution in [2.24, 2.45) is 0 Å². The molecule has 1 saturated heterocycles. The van der Waals surface area contributed by atoms with E-state index in [1.165, 1.54) is 0 Å². The summed E-state index contributed by atoms with van der Waals surface area (Å²) < 4.78 is 4.86. The Morgan fingerprint density at radius 1 is 1.23 bits per heavy atom. The SMILES string of the molecule is CCCC[C@@]1(C)NC(=O)N(CC(=O)OCC(=O)Nc2ccccc2)C1=O. The van der Waals surface area contributed by atoms with E-state index in [4.69, 9.17) is 4.74 Å². The largest absolute Gasteiger partial charge is 0.454 e. The van der Waals surface area contributed by atoms with E-state index in [9.17, 15) is 19.2 Å². The van der Waals surface area contributed by atoms with Crippen molar-refractivity contribution in [3.63, 3.8) is 0 Å². The Bertz CT molecular complexity index is 691. The number of rotatable bonds is 8. The Kier molecular flexibility index (Phi) is 6.32. The molecule has 0 aromatic heterocycles. The molecule has 2 N–H and O–H groups in total. The van der Waals surface area contributed by atoms with Crippen LogP contribution < -0.4 is 10.6 Å². The summed E-state index contributed by atoms with van der Waals surface area (Å²) in [5.41, 5.74) is -0.424. The average Bonchev–Trinajstić information content (AvgIpc) is 2.83. The number of imide groups is 1. The molecular weight excluding hydrogens is 338 g/mol. The lowest BCUT2D eigenvalue weighted by molar-refractivity contribution is -0.150. The molecule has 1 aromatic carbocycles. The van der Waals surface area contributed by atoms with E-state index in [1.54, 1.807) is 31.2 Å². The van der Waals surface area contributed by atoms with Crippen LogP contribution in [0.2, 0.25) is 0 Å². The van der Waals surface area contributed by atoms with E-state index in [-0.39, 0.29) is 0 Å². The van der Waals surface area contributed by atoms with Gasteiger partial charge in [0.1, 0.15) is 12.1 Å². The van der Waals surface area contributed by atoms with E-state index < -0.39 is 42.5 Å². The van der Waals surface area contributed by atoms with Crippen LogP contribution in [0, 0.1) is 0 Å². The molecule has 2 rings (SSSR count). The maximum Gasteiger partial charge on any atom is 0.326 e. The molecule has 140 valence electrons. The number of carbonyl (C=O) groups excluding carboxylic acids is 4. The number of anilines is 1. The number of esters is 1. The number of carbonyl (C=O) groups is 4. The van der Waals surface area contributed by atoms with Gasteiger partial charge in [-0.1, -0.05) is 38.0 Å². The lowest BCUT2D eigenvalue weighted by Gasteiger charge is -2.21. The highest BCUT2D eigenvalue weighted by Crippen LogP contribution is 2.23. The quantitative estimate of drug-likeness (QED) is 0.541. The van der Waals surface area contributed by atoms with E-state index in [2.05, 4.69) is 10.6 Å². The number of hydrogen-bond acceptors (Lipinski definition) is 5. The predicted octanol–water partition coefficient (Wildman–Crippen LogP) is 1.67. The zero-order chi connectivity index (χ0) is 19.2.